The van der Waals surface area contributed by atoms with Crippen LogP contribution in [0.5, 0.6) is 11.9 Å². The number of amides is 1. The molecule has 35 heavy (non-hydrogen) atoms. The molecule has 0 fully saturated rings. The molecule has 3 aromatic heterocycles. The summed E-state index contributed by atoms with van der Waals surface area (Å²) in [7, 11) is -1.25. The van der Waals surface area contributed by atoms with Gasteiger partial charge in [-0.15, -0.1) is 0 Å². The van der Waals surface area contributed by atoms with Crippen LogP contribution < -0.4 is 19.5 Å². The first kappa shape index (κ1) is 24.2. The van der Waals surface area contributed by atoms with Gasteiger partial charge in [0.2, 0.25) is 5.88 Å². The number of hydrogen-bond donors (Lipinski definition) is 2. The first-order chi connectivity index (χ1) is 16.8. The number of hydrogen-bond acceptors (Lipinski definition) is 9. The van der Waals surface area contributed by atoms with Crippen molar-refractivity contribution < 1.29 is 27.1 Å². The molecule has 2 N–H and O–H groups in total. The molecule has 0 saturated carbocycles. The zero-order valence-corrected chi connectivity index (χ0v) is 20.8. The molecule has 0 saturated heterocycles. The average molecular weight is 563 g/mol. The normalized spacial score (nSPS) is 11.2. The molecule has 0 aliphatic heterocycles. The topological polar surface area (TPSA) is 150 Å². The third-order valence-corrected chi connectivity index (χ3v) is 6.32. The van der Waals surface area contributed by atoms with Crippen LogP contribution in [-0.4, -0.2) is 48.3 Å². The number of aromatic nitrogens is 4. The maximum atomic E-state index is 12.7. The Morgan fingerprint density at radius 1 is 1.11 bits per heavy atom. The Labute approximate surface area is 208 Å². The van der Waals surface area contributed by atoms with Crippen molar-refractivity contribution in [1.29, 1.82) is 0 Å². The summed E-state index contributed by atoms with van der Waals surface area (Å²) < 4.78 is 45.9. The highest BCUT2D eigenvalue weighted by Crippen LogP contribution is 2.22. The molecule has 4 aromatic rings. The zero-order chi connectivity index (χ0) is 25.0. The Bertz CT molecular complexity index is 1430. The molecular formula is C21H19BrN6O6S. The predicted octanol–water partition coefficient (Wildman–Crippen LogP) is 3.15. The van der Waals surface area contributed by atoms with Gasteiger partial charge in [-0.3, -0.25) is 14.2 Å². The molecule has 1 amide bonds. The molecule has 0 bridgehead atoms. The second-order valence-electron chi connectivity index (χ2n) is 6.99. The van der Waals surface area contributed by atoms with Crippen LogP contribution in [0.3, 0.4) is 0 Å². The summed E-state index contributed by atoms with van der Waals surface area (Å²) in [6, 6.07) is 10.1. The summed E-state index contributed by atoms with van der Waals surface area (Å²) >= 11 is 3.32. The van der Waals surface area contributed by atoms with E-state index in [1.54, 1.807) is 29.2 Å². The first-order valence-corrected chi connectivity index (χ1v) is 12.2. The molecule has 12 nitrogen and oxygen atoms in total. The van der Waals surface area contributed by atoms with E-state index in [1.807, 2.05) is 0 Å². The summed E-state index contributed by atoms with van der Waals surface area (Å²) in [5.41, 5.74) is 0.383. The molecule has 3 heterocycles. The Morgan fingerprint density at radius 2 is 1.89 bits per heavy atom. The van der Waals surface area contributed by atoms with E-state index in [0.717, 1.165) is 4.47 Å². The van der Waals surface area contributed by atoms with Gasteiger partial charge in [0.05, 0.1) is 36.3 Å². The zero-order valence-electron chi connectivity index (χ0n) is 18.4. The highest BCUT2D eigenvalue weighted by atomic mass is 79.9. The maximum absolute atomic E-state index is 12.7. The quantitative estimate of drug-likeness (QED) is 0.313. The largest absolute Gasteiger partial charge is 0.481 e. The fourth-order valence-corrected chi connectivity index (χ4v) is 4.25. The Kier molecular flexibility index (Phi) is 7.02. The lowest BCUT2D eigenvalue weighted by Gasteiger charge is -2.10. The number of carbonyl (C=O) groups is 1. The minimum Gasteiger partial charge on any atom is -0.481 e. The van der Waals surface area contributed by atoms with Crippen LogP contribution in [0.4, 0.5) is 11.5 Å². The third kappa shape index (κ3) is 5.96. The number of anilines is 2. The number of rotatable bonds is 9. The van der Waals surface area contributed by atoms with Gasteiger partial charge in [0, 0.05) is 18.0 Å². The van der Waals surface area contributed by atoms with Crippen molar-refractivity contribution in [1.82, 2.24) is 19.7 Å². The van der Waals surface area contributed by atoms with E-state index in [0.29, 0.717) is 18.0 Å². The molecule has 0 spiro atoms. The number of methoxy groups -OCH3 is 2. The molecule has 0 radical (unpaired) electrons. The average Bonchev–Trinajstić information content (AvgIpc) is 3.48. The van der Waals surface area contributed by atoms with Gasteiger partial charge in [-0.2, -0.15) is 15.1 Å². The van der Waals surface area contributed by atoms with E-state index in [1.165, 1.54) is 44.6 Å². The molecule has 182 valence electrons. The monoisotopic (exact) mass is 562 g/mol. The second kappa shape index (κ2) is 10.1. The van der Waals surface area contributed by atoms with Gasteiger partial charge in [-0.05, 0) is 52.3 Å². The minimum atomic E-state index is -3.98. The van der Waals surface area contributed by atoms with Gasteiger partial charge in [-0.1, -0.05) is 0 Å². The Morgan fingerprint density at radius 3 is 2.54 bits per heavy atom. The highest BCUT2D eigenvalue weighted by Gasteiger charge is 2.18. The van der Waals surface area contributed by atoms with Crippen molar-refractivity contribution in [2.45, 2.75) is 11.4 Å². The third-order valence-electron chi connectivity index (χ3n) is 4.54. The van der Waals surface area contributed by atoms with Crippen LogP contribution >= 0.6 is 15.9 Å². The minimum absolute atomic E-state index is 0.0258. The molecule has 1 aromatic carbocycles. The summed E-state index contributed by atoms with van der Waals surface area (Å²) in [5, 5.41) is 6.81. The molecule has 14 heteroatoms. The lowest BCUT2D eigenvalue weighted by molar-refractivity contribution is 0.0994. The summed E-state index contributed by atoms with van der Waals surface area (Å²) in [6.07, 6.45) is 3.43. The number of sulfonamides is 1. The number of halogens is 1. The van der Waals surface area contributed by atoms with Crippen LogP contribution in [0.25, 0.3) is 0 Å². The summed E-state index contributed by atoms with van der Waals surface area (Å²) in [6.45, 7) is 0.364. The lowest BCUT2D eigenvalue weighted by atomic mass is 10.3. The molecule has 0 aliphatic rings. The van der Waals surface area contributed by atoms with Crippen LogP contribution in [-0.2, 0) is 16.6 Å². The Hall–Kier alpha value is -3.91. The van der Waals surface area contributed by atoms with Crippen LogP contribution in [0.2, 0.25) is 0 Å². The van der Waals surface area contributed by atoms with Crippen LogP contribution in [0, 0.1) is 0 Å². The SMILES string of the molecule is COc1cc(NS(=O)(=O)c2ccc(NC(=O)c3ccc(Cn4cc(Br)cn4)o3)cc2)nc(OC)n1. The van der Waals surface area contributed by atoms with Crippen molar-refractivity contribution in [3.63, 3.8) is 0 Å². The number of furan rings is 1. The maximum Gasteiger partial charge on any atom is 0.321 e. The number of benzene rings is 1. The van der Waals surface area contributed by atoms with Crippen molar-refractivity contribution in [3.8, 4) is 11.9 Å². The highest BCUT2D eigenvalue weighted by molar-refractivity contribution is 9.10. The van der Waals surface area contributed by atoms with Crippen LogP contribution in [0.15, 0.2) is 68.6 Å². The fourth-order valence-electron chi connectivity index (χ4n) is 2.93. The molecular weight excluding hydrogens is 544 g/mol. The van der Waals surface area contributed by atoms with Gasteiger partial charge < -0.3 is 19.2 Å². The molecule has 0 unspecified atom stereocenters. The van der Waals surface area contributed by atoms with Crippen molar-refractivity contribution in [3.05, 3.63) is 70.9 Å². The van der Waals surface area contributed by atoms with Gasteiger partial charge in [-0.25, -0.2) is 8.42 Å². The first-order valence-electron chi connectivity index (χ1n) is 9.94. The van der Waals surface area contributed by atoms with Gasteiger partial charge in [0.25, 0.3) is 15.9 Å². The predicted molar refractivity (Wildman–Crippen MR) is 128 cm³/mol. The van der Waals surface area contributed by atoms with Crippen LogP contribution in [0.1, 0.15) is 16.3 Å². The van der Waals surface area contributed by atoms with E-state index < -0.39 is 15.9 Å². The van der Waals surface area contributed by atoms with Crippen molar-refractivity contribution in [2.75, 3.05) is 24.3 Å². The van der Waals surface area contributed by atoms with E-state index in [4.69, 9.17) is 13.9 Å². The van der Waals surface area contributed by atoms with Gasteiger partial charge in [0.1, 0.15) is 5.76 Å². The lowest BCUT2D eigenvalue weighted by Crippen LogP contribution is -2.15. The van der Waals surface area contributed by atoms with E-state index in [-0.39, 0.29) is 28.4 Å². The standard InChI is InChI=1S/C21H19BrN6O6S/c1-32-19-9-18(25-21(26-19)33-2)27-35(30,31)16-6-3-14(4-7-16)24-20(29)17-8-5-15(34-17)12-28-11-13(22)10-23-28/h3-11H,12H2,1-2H3,(H,24,29)(H,25,26,27). The molecule has 4 rings (SSSR count). The van der Waals surface area contributed by atoms with Gasteiger partial charge >= 0.3 is 6.01 Å². The summed E-state index contributed by atoms with van der Waals surface area (Å²) in [5.74, 6) is 0.285. The molecule has 0 aliphatic carbocycles. The fraction of sp³-hybridized carbons (Fsp3) is 0.143. The number of ether oxygens (including phenoxy) is 2. The Balaban J connectivity index is 1.42. The number of nitrogens with zero attached hydrogens (tertiary/aromatic N) is 4. The van der Waals surface area contributed by atoms with Crippen molar-refractivity contribution in [2.24, 2.45) is 0 Å². The smallest absolute Gasteiger partial charge is 0.321 e. The van der Waals surface area contributed by atoms with Gasteiger partial charge in [0.15, 0.2) is 11.6 Å². The number of carbonyl (C=O) groups excluding carboxylic acids is 1. The van der Waals surface area contributed by atoms with E-state index in [2.05, 4.69) is 41.0 Å². The number of nitrogens with one attached hydrogen (secondary N) is 2. The second-order valence-corrected chi connectivity index (χ2v) is 9.59. The van der Waals surface area contributed by atoms with E-state index in [9.17, 15) is 13.2 Å². The molecule has 0 atom stereocenters. The van der Waals surface area contributed by atoms with Crippen molar-refractivity contribution >= 4 is 43.4 Å². The summed E-state index contributed by atoms with van der Waals surface area (Å²) in [4.78, 5) is 20.3. The van der Waals surface area contributed by atoms with E-state index >= 15 is 0 Å².